The predicted octanol–water partition coefficient (Wildman–Crippen LogP) is 3.31. The summed E-state index contributed by atoms with van der Waals surface area (Å²) in [6, 6.07) is 6.40. The third kappa shape index (κ3) is 3.29. The number of aryl methyl sites for hydroxylation is 2. The number of nitrogens with one attached hydrogen (secondary N) is 1. The van der Waals surface area contributed by atoms with E-state index < -0.39 is 0 Å². The highest BCUT2D eigenvalue weighted by Gasteiger charge is 2.10. The number of halogens is 1. The maximum absolute atomic E-state index is 12.9. The Kier molecular flexibility index (Phi) is 4.61. The third-order valence-corrected chi connectivity index (χ3v) is 3.22. The van der Waals surface area contributed by atoms with E-state index in [1.54, 1.807) is 12.1 Å². The zero-order valence-corrected chi connectivity index (χ0v) is 12.0. The van der Waals surface area contributed by atoms with E-state index >= 15 is 0 Å². The number of nitrogens with zero attached hydrogens (tertiary/aromatic N) is 3. The number of rotatable bonds is 5. The summed E-state index contributed by atoms with van der Waals surface area (Å²) in [5.41, 5.74) is 2.89. The number of anilines is 1. The minimum atomic E-state index is -0.237. The van der Waals surface area contributed by atoms with Gasteiger partial charge in [-0.05, 0) is 37.5 Å². The van der Waals surface area contributed by atoms with Gasteiger partial charge in [-0.2, -0.15) is 5.10 Å². The van der Waals surface area contributed by atoms with Gasteiger partial charge in [-0.3, -0.25) is 0 Å². The second-order valence-corrected chi connectivity index (χ2v) is 4.65. The zero-order chi connectivity index (χ0) is 14.5. The van der Waals surface area contributed by atoms with Crippen LogP contribution in [0.2, 0.25) is 0 Å². The number of benzene rings is 1. The summed E-state index contributed by atoms with van der Waals surface area (Å²) in [6.45, 7) is 6.07. The highest BCUT2D eigenvalue weighted by molar-refractivity contribution is 5.32. The van der Waals surface area contributed by atoms with Crippen LogP contribution >= 0.6 is 0 Å². The Morgan fingerprint density at radius 3 is 2.30 bits per heavy atom. The van der Waals surface area contributed by atoms with Crippen LogP contribution in [0.3, 0.4) is 0 Å². The van der Waals surface area contributed by atoms with Crippen LogP contribution in [-0.4, -0.2) is 15.2 Å². The van der Waals surface area contributed by atoms with Crippen LogP contribution in [0.25, 0.3) is 0 Å². The van der Waals surface area contributed by atoms with Crippen molar-refractivity contribution in [2.45, 2.75) is 39.7 Å². The van der Waals surface area contributed by atoms with Crippen molar-refractivity contribution < 1.29 is 4.39 Å². The SMILES string of the molecule is CCc1nnc(NC(C)c2ccc(F)cc2)nc1CC. The first-order valence-electron chi connectivity index (χ1n) is 6.88. The Balaban J connectivity index is 2.15. The van der Waals surface area contributed by atoms with Crippen LogP contribution in [0.5, 0.6) is 0 Å². The molecule has 2 rings (SSSR count). The lowest BCUT2D eigenvalue weighted by Crippen LogP contribution is -2.13. The zero-order valence-electron chi connectivity index (χ0n) is 12.0. The van der Waals surface area contributed by atoms with E-state index in [0.29, 0.717) is 5.95 Å². The summed E-state index contributed by atoms with van der Waals surface area (Å²) >= 11 is 0. The second-order valence-electron chi connectivity index (χ2n) is 4.65. The normalized spacial score (nSPS) is 12.2. The predicted molar refractivity (Wildman–Crippen MR) is 77.0 cm³/mol. The van der Waals surface area contributed by atoms with Crippen LogP contribution < -0.4 is 5.32 Å². The van der Waals surface area contributed by atoms with Gasteiger partial charge in [0.25, 0.3) is 0 Å². The molecule has 0 aliphatic heterocycles. The average Bonchev–Trinajstić information content (AvgIpc) is 2.47. The number of hydrogen-bond donors (Lipinski definition) is 1. The third-order valence-electron chi connectivity index (χ3n) is 3.22. The average molecular weight is 274 g/mol. The molecule has 5 heteroatoms. The van der Waals surface area contributed by atoms with Gasteiger partial charge in [0.15, 0.2) is 0 Å². The van der Waals surface area contributed by atoms with Gasteiger partial charge in [0, 0.05) is 0 Å². The van der Waals surface area contributed by atoms with Gasteiger partial charge in [-0.1, -0.05) is 26.0 Å². The fourth-order valence-electron chi connectivity index (χ4n) is 2.03. The Morgan fingerprint density at radius 1 is 1.05 bits per heavy atom. The van der Waals surface area contributed by atoms with Gasteiger partial charge >= 0.3 is 0 Å². The molecule has 4 nitrogen and oxygen atoms in total. The lowest BCUT2D eigenvalue weighted by atomic mass is 10.1. The first-order valence-corrected chi connectivity index (χ1v) is 6.88. The highest BCUT2D eigenvalue weighted by Crippen LogP contribution is 2.17. The summed E-state index contributed by atoms with van der Waals surface area (Å²) in [5.74, 6) is 0.273. The summed E-state index contributed by atoms with van der Waals surface area (Å²) in [6.07, 6.45) is 1.66. The molecular formula is C15H19FN4. The molecule has 0 amide bonds. The molecule has 0 saturated heterocycles. The molecule has 0 saturated carbocycles. The smallest absolute Gasteiger partial charge is 0.243 e. The van der Waals surface area contributed by atoms with E-state index in [0.717, 1.165) is 29.8 Å². The van der Waals surface area contributed by atoms with Gasteiger partial charge in [0.1, 0.15) is 5.82 Å². The van der Waals surface area contributed by atoms with E-state index in [4.69, 9.17) is 0 Å². The van der Waals surface area contributed by atoms with E-state index in [-0.39, 0.29) is 11.9 Å². The van der Waals surface area contributed by atoms with Crippen LogP contribution in [0.1, 0.15) is 43.8 Å². The Morgan fingerprint density at radius 2 is 1.70 bits per heavy atom. The van der Waals surface area contributed by atoms with E-state index in [1.807, 2.05) is 13.8 Å². The molecule has 1 aromatic carbocycles. The molecule has 106 valence electrons. The second kappa shape index (κ2) is 6.41. The molecule has 0 aliphatic carbocycles. The molecular weight excluding hydrogens is 255 g/mol. The first kappa shape index (κ1) is 14.4. The fraction of sp³-hybridized carbons (Fsp3) is 0.400. The van der Waals surface area contributed by atoms with Gasteiger partial charge in [-0.15, -0.1) is 5.10 Å². The summed E-state index contributed by atoms with van der Waals surface area (Å²) in [5, 5.41) is 11.5. The summed E-state index contributed by atoms with van der Waals surface area (Å²) in [7, 11) is 0. The van der Waals surface area contributed by atoms with E-state index in [2.05, 4.69) is 27.4 Å². The quantitative estimate of drug-likeness (QED) is 0.908. The van der Waals surface area contributed by atoms with Crippen LogP contribution in [0, 0.1) is 5.82 Å². The molecule has 20 heavy (non-hydrogen) atoms. The largest absolute Gasteiger partial charge is 0.346 e. The maximum atomic E-state index is 12.9. The minimum absolute atomic E-state index is 0.00502. The van der Waals surface area contributed by atoms with Gasteiger partial charge in [0.2, 0.25) is 5.95 Å². The highest BCUT2D eigenvalue weighted by atomic mass is 19.1. The summed E-state index contributed by atoms with van der Waals surface area (Å²) < 4.78 is 12.9. The molecule has 1 aromatic heterocycles. The van der Waals surface area contributed by atoms with Crippen molar-refractivity contribution in [3.05, 3.63) is 47.0 Å². The van der Waals surface area contributed by atoms with Crippen molar-refractivity contribution in [2.75, 3.05) is 5.32 Å². The van der Waals surface area contributed by atoms with Gasteiger partial charge < -0.3 is 5.32 Å². The molecule has 1 N–H and O–H groups in total. The van der Waals surface area contributed by atoms with Crippen molar-refractivity contribution in [3.63, 3.8) is 0 Å². The molecule has 0 fully saturated rings. The molecule has 0 aliphatic rings. The van der Waals surface area contributed by atoms with Crippen LogP contribution in [0.15, 0.2) is 24.3 Å². The molecule has 0 bridgehead atoms. The monoisotopic (exact) mass is 274 g/mol. The van der Waals surface area contributed by atoms with Crippen molar-refractivity contribution >= 4 is 5.95 Å². The van der Waals surface area contributed by atoms with Crippen molar-refractivity contribution in [3.8, 4) is 0 Å². The van der Waals surface area contributed by atoms with E-state index in [9.17, 15) is 4.39 Å². The fourth-order valence-corrected chi connectivity index (χ4v) is 2.03. The molecule has 1 heterocycles. The summed E-state index contributed by atoms with van der Waals surface area (Å²) in [4.78, 5) is 4.49. The Hall–Kier alpha value is -2.04. The molecule has 1 atom stereocenters. The molecule has 0 radical (unpaired) electrons. The number of aromatic nitrogens is 3. The van der Waals surface area contributed by atoms with Gasteiger partial charge in [-0.25, -0.2) is 9.37 Å². The minimum Gasteiger partial charge on any atom is -0.346 e. The van der Waals surface area contributed by atoms with Crippen LogP contribution in [-0.2, 0) is 12.8 Å². The van der Waals surface area contributed by atoms with Crippen LogP contribution in [0.4, 0.5) is 10.3 Å². The topological polar surface area (TPSA) is 50.7 Å². The van der Waals surface area contributed by atoms with Crippen molar-refractivity contribution in [1.82, 2.24) is 15.2 Å². The van der Waals surface area contributed by atoms with E-state index in [1.165, 1.54) is 12.1 Å². The lowest BCUT2D eigenvalue weighted by Gasteiger charge is -2.14. The molecule has 1 unspecified atom stereocenters. The molecule has 2 aromatic rings. The number of hydrogen-bond acceptors (Lipinski definition) is 4. The Labute approximate surface area is 118 Å². The lowest BCUT2D eigenvalue weighted by molar-refractivity contribution is 0.626. The maximum Gasteiger partial charge on any atom is 0.243 e. The Bertz CT molecular complexity index is 569. The van der Waals surface area contributed by atoms with Crippen molar-refractivity contribution in [1.29, 1.82) is 0 Å². The van der Waals surface area contributed by atoms with Crippen molar-refractivity contribution in [2.24, 2.45) is 0 Å². The van der Waals surface area contributed by atoms with Gasteiger partial charge in [0.05, 0.1) is 17.4 Å². The standard InChI is InChI=1S/C15H19FN4/c1-4-13-14(5-2)19-20-15(18-13)17-10(3)11-6-8-12(16)9-7-11/h6-10H,4-5H2,1-3H3,(H,17,18,20). The molecule has 0 spiro atoms. The first-order chi connectivity index (χ1) is 9.63.